The number of hydrogen-bond donors (Lipinski definition) is 0. The molecule has 0 spiro atoms. The number of rotatable bonds is 4. The lowest BCUT2D eigenvalue weighted by Gasteiger charge is -2.06. The van der Waals surface area contributed by atoms with E-state index in [0.29, 0.717) is 6.61 Å². The summed E-state index contributed by atoms with van der Waals surface area (Å²) in [5.41, 5.74) is 2.40. The molecule has 0 fully saturated rings. The maximum absolute atomic E-state index is 5.68. The van der Waals surface area contributed by atoms with E-state index in [1.54, 1.807) is 0 Å². The molecule has 0 aliphatic carbocycles. The predicted octanol–water partition coefficient (Wildman–Crippen LogP) is 4.85. The molecule has 0 N–H and O–H groups in total. The number of ether oxygens (including phenoxy) is 1. The van der Waals surface area contributed by atoms with Gasteiger partial charge in [-0.3, -0.25) is 0 Å². The lowest BCUT2D eigenvalue weighted by molar-refractivity contribution is 0.361. The van der Waals surface area contributed by atoms with Crippen molar-refractivity contribution in [3.05, 3.63) is 70.2 Å². The Morgan fingerprint density at radius 2 is 1.89 bits per heavy atom. The Hall–Kier alpha value is -1.54. The maximum atomic E-state index is 5.68. The smallest absolute Gasteiger partial charge is 0.133 e. The van der Waals surface area contributed by atoms with E-state index in [0.717, 1.165) is 10.2 Å². The molecule has 0 saturated carbocycles. The van der Waals surface area contributed by atoms with Crippen LogP contribution in [0, 0.1) is 6.92 Å². The van der Waals surface area contributed by atoms with E-state index < -0.39 is 0 Å². The molecule has 0 aromatic heterocycles. The van der Waals surface area contributed by atoms with Crippen molar-refractivity contribution >= 4 is 22.0 Å². The molecule has 2 aromatic carbocycles. The van der Waals surface area contributed by atoms with Crippen molar-refractivity contribution in [3.63, 3.8) is 0 Å². The van der Waals surface area contributed by atoms with Crippen molar-refractivity contribution in [2.24, 2.45) is 0 Å². The first kappa shape index (κ1) is 12.9. The number of halogens is 1. The average molecular weight is 303 g/mol. The number of hydrogen-bond acceptors (Lipinski definition) is 1. The molecule has 0 amide bonds. The van der Waals surface area contributed by atoms with Gasteiger partial charge in [-0.15, -0.1) is 0 Å². The van der Waals surface area contributed by atoms with E-state index in [2.05, 4.69) is 47.1 Å². The monoisotopic (exact) mass is 302 g/mol. The van der Waals surface area contributed by atoms with Crippen LogP contribution in [-0.4, -0.2) is 6.61 Å². The van der Waals surface area contributed by atoms with Crippen molar-refractivity contribution in [2.45, 2.75) is 6.92 Å². The zero-order chi connectivity index (χ0) is 12.8. The number of benzene rings is 2. The van der Waals surface area contributed by atoms with Crippen molar-refractivity contribution in [2.75, 3.05) is 6.61 Å². The largest absolute Gasteiger partial charge is 0.488 e. The summed E-state index contributed by atoms with van der Waals surface area (Å²) in [7, 11) is 0. The van der Waals surface area contributed by atoms with Crippen LogP contribution in [0.15, 0.2) is 59.1 Å². The molecule has 0 radical (unpaired) electrons. The van der Waals surface area contributed by atoms with Crippen LogP contribution in [0.5, 0.6) is 5.75 Å². The van der Waals surface area contributed by atoms with Crippen molar-refractivity contribution in [3.8, 4) is 5.75 Å². The first-order valence-electron chi connectivity index (χ1n) is 5.86. The van der Waals surface area contributed by atoms with Gasteiger partial charge in [0.15, 0.2) is 0 Å². The summed E-state index contributed by atoms with van der Waals surface area (Å²) >= 11 is 3.50. The zero-order valence-corrected chi connectivity index (χ0v) is 11.9. The summed E-state index contributed by atoms with van der Waals surface area (Å²) < 4.78 is 6.68. The van der Waals surface area contributed by atoms with E-state index in [1.807, 2.05) is 36.4 Å². The van der Waals surface area contributed by atoms with E-state index in [9.17, 15) is 0 Å². The zero-order valence-electron chi connectivity index (χ0n) is 10.3. The van der Waals surface area contributed by atoms with Gasteiger partial charge in [-0.05, 0) is 52.2 Å². The van der Waals surface area contributed by atoms with E-state index in [-0.39, 0.29) is 0 Å². The summed E-state index contributed by atoms with van der Waals surface area (Å²) in [5.74, 6) is 0.873. The summed E-state index contributed by atoms with van der Waals surface area (Å²) in [6.45, 7) is 2.63. The first-order chi connectivity index (χ1) is 8.75. The van der Waals surface area contributed by atoms with Crippen molar-refractivity contribution in [1.82, 2.24) is 0 Å². The van der Waals surface area contributed by atoms with Crippen LogP contribution in [0.3, 0.4) is 0 Å². The van der Waals surface area contributed by atoms with Gasteiger partial charge in [0.25, 0.3) is 0 Å². The van der Waals surface area contributed by atoms with Crippen molar-refractivity contribution in [1.29, 1.82) is 0 Å². The highest BCUT2D eigenvalue weighted by atomic mass is 79.9. The highest BCUT2D eigenvalue weighted by molar-refractivity contribution is 9.10. The van der Waals surface area contributed by atoms with Crippen LogP contribution in [0.2, 0.25) is 0 Å². The van der Waals surface area contributed by atoms with Crippen LogP contribution in [0.4, 0.5) is 0 Å². The summed E-state index contributed by atoms with van der Waals surface area (Å²) in [6.07, 6.45) is 4.07. The lowest BCUT2D eigenvalue weighted by Crippen LogP contribution is -1.94. The Balaban J connectivity index is 1.91. The maximum Gasteiger partial charge on any atom is 0.133 e. The summed E-state index contributed by atoms with van der Waals surface area (Å²) in [4.78, 5) is 0. The second kappa shape index (κ2) is 6.41. The second-order valence-corrected chi connectivity index (χ2v) is 4.91. The molecule has 0 heterocycles. The topological polar surface area (TPSA) is 9.23 Å². The molecule has 1 nitrogen and oxygen atoms in total. The van der Waals surface area contributed by atoms with Gasteiger partial charge in [0, 0.05) is 0 Å². The summed E-state index contributed by atoms with van der Waals surface area (Å²) in [6, 6.07) is 16.3. The Morgan fingerprint density at radius 1 is 1.11 bits per heavy atom. The van der Waals surface area contributed by atoms with Gasteiger partial charge < -0.3 is 4.74 Å². The Morgan fingerprint density at radius 3 is 2.61 bits per heavy atom. The molecule has 92 valence electrons. The van der Waals surface area contributed by atoms with Crippen LogP contribution >= 0.6 is 15.9 Å². The van der Waals surface area contributed by atoms with E-state index in [1.165, 1.54) is 11.1 Å². The molecule has 0 bridgehead atoms. The molecule has 0 atom stereocenters. The third-order valence-electron chi connectivity index (χ3n) is 2.53. The van der Waals surface area contributed by atoms with Crippen LogP contribution in [0.25, 0.3) is 6.08 Å². The molecular formula is C16H15BrO. The van der Waals surface area contributed by atoms with Crippen LogP contribution in [-0.2, 0) is 0 Å². The van der Waals surface area contributed by atoms with E-state index in [4.69, 9.17) is 4.74 Å². The van der Waals surface area contributed by atoms with Gasteiger partial charge in [0.1, 0.15) is 12.4 Å². The molecule has 0 unspecified atom stereocenters. The standard InChI is InChI=1S/C16H15BrO/c1-13-9-10-16(15(17)12-13)18-11-5-8-14-6-3-2-4-7-14/h2-10,12H,11H2,1H3/b8-5+. The fourth-order valence-corrected chi connectivity index (χ4v) is 2.22. The molecule has 18 heavy (non-hydrogen) atoms. The first-order valence-corrected chi connectivity index (χ1v) is 6.65. The average Bonchev–Trinajstić information content (AvgIpc) is 2.38. The Kier molecular flexibility index (Phi) is 4.59. The third kappa shape index (κ3) is 3.74. The highest BCUT2D eigenvalue weighted by Crippen LogP contribution is 2.25. The van der Waals surface area contributed by atoms with Gasteiger partial charge in [0.05, 0.1) is 4.47 Å². The minimum Gasteiger partial charge on any atom is -0.488 e. The van der Waals surface area contributed by atoms with Crippen LogP contribution < -0.4 is 4.74 Å². The molecule has 2 rings (SSSR count). The molecule has 2 aromatic rings. The third-order valence-corrected chi connectivity index (χ3v) is 3.15. The normalized spacial score (nSPS) is 10.8. The lowest BCUT2D eigenvalue weighted by atomic mass is 10.2. The molecule has 0 aliphatic rings. The quantitative estimate of drug-likeness (QED) is 0.784. The van der Waals surface area contributed by atoms with Gasteiger partial charge in [-0.1, -0.05) is 42.5 Å². The molecular weight excluding hydrogens is 288 g/mol. The number of aryl methyl sites for hydroxylation is 1. The van der Waals surface area contributed by atoms with Gasteiger partial charge in [-0.25, -0.2) is 0 Å². The second-order valence-electron chi connectivity index (χ2n) is 4.06. The van der Waals surface area contributed by atoms with Crippen molar-refractivity contribution < 1.29 is 4.74 Å². The predicted molar refractivity (Wildman–Crippen MR) is 79.9 cm³/mol. The Bertz CT molecular complexity index is 532. The highest BCUT2D eigenvalue weighted by Gasteiger charge is 1.99. The van der Waals surface area contributed by atoms with E-state index >= 15 is 0 Å². The molecule has 0 aliphatic heterocycles. The van der Waals surface area contributed by atoms with Gasteiger partial charge in [0.2, 0.25) is 0 Å². The summed E-state index contributed by atoms with van der Waals surface area (Å²) in [5, 5.41) is 0. The SMILES string of the molecule is Cc1ccc(OC/C=C/c2ccccc2)c(Br)c1. The molecule has 2 heteroatoms. The minimum atomic E-state index is 0.566. The van der Waals surface area contributed by atoms with Gasteiger partial charge >= 0.3 is 0 Å². The Labute approximate surface area is 116 Å². The van der Waals surface area contributed by atoms with Gasteiger partial charge in [-0.2, -0.15) is 0 Å². The fourth-order valence-electron chi connectivity index (χ4n) is 1.61. The minimum absolute atomic E-state index is 0.566. The molecule has 0 saturated heterocycles. The fraction of sp³-hybridized carbons (Fsp3) is 0.125. The van der Waals surface area contributed by atoms with Crippen LogP contribution in [0.1, 0.15) is 11.1 Å².